The minimum atomic E-state index is -3.03. The van der Waals surface area contributed by atoms with Crippen LogP contribution in [0.3, 0.4) is 0 Å². The lowest BCUT2D eigenvalue weighted by Crippen LogP contribution is -2.38. The summed E-state index contributed by atoms with van der Waals surface area (Å²) < 4.78 is 27.9. The summed E-state index contributed by atoms with van der Waals surface area (Å²) in [6, 6.07) is 8.94. The number of anilines is 1. The number of hydrazone groups is 1. The van der Waals surface area contributed by atoms with Crippen molar-refractivity contribution in [3.63, 3.8) is 0 Å². The number of rotatable bonds is 5. The Morgan fingerprint density at radius 1 is 1.34 bits per heavy atom. The van der Waals surface area contributed by atoms with Crippen LogP contribution in [-0.4, -0.2) is 40.5 Å². The summed E-state index contributed by atoms with van der Waals surface area (Å²) in [5.74, 6) is -0.755. The molecular formula is C20H21F2N5O2. The molecule has 0 unspecified atom stereocenters. The van der Waals surface area contributed by atoms with Gasteiger partial charge in [-0.25, -0.2) is 13.8 Å². The van der Waals surface area contributed by atoms with Gasteiger partial charge in [0.1, 0.15) is 5.70 Å². The van der Waals surface area contributed by atoms with Gasteiger partial charge in [0.2, 0.25) is 5.95 Å². The minimum absolute atomic E-state index is 0.184. The van der Waals surface area contributed by atoms with E-state index in [9.17, 15) is 18.4 Å². The monoisotopic (exact) mass is 401 g/mol. The number of hydrogen-bond acceptors (Lipinski definition) is 5. The molecule has 1 aliphatic rings. The number of aryl methyl sites for hydroxylation is 1. The molecule has 0 aliphatic carbocycles. The maximum atomic E-state index is 14.0. The van der Waals surface area contributed by atoms with Gasteiger partial charge in [-0.2, -0.15) is 10.1 Å². The fourth-order valence-corrected chi connectivity index (χ4v) is 3.35. The van der Waals surface area contributed by atoms with E-state index in [1.54, 1.807) is 6.92 Å². The molecule has 1 amide bonds. The van der Waals surface area contributed by atoms with Gasteiger partial charge in [0, 0.05) is 37.1 Å². The number of hydrogen-bond donors (Lipinski definition) is 1. The quantitative estimate of drug-likeness (QED) is 0.474. The number of nitrogens with one attached hydrogen (secondary N) is 1. The molecule has 152 valence electrons. The van der Waals surface area contributed by atoms with E-state index < -0.39 is 23.6 Å². The first-order valence-electron chi connectivity index (χ1n) is 9.01. The zero-order chi connectivity index (χ0) is 21.1. The van der Waals surface area contributed by atoms with Crippen molar-refractivity contribution in [2.24, 2.45) is 5.10 Å². The summed E-state index contributed by atoms with van der Waals surface area (Å²) in [7, 11) is 0. The number of carbonyl (C=O) groups is 1. The SMILES string of the molecule is C=NN(/C(=C(\C)C(=O)N1CCc2ccccc2C1)C(F)F)c1nc(C)cc(=O)[nH]1. The fraction of sp³-hybridized carbons (Fsp3) is 0.300. The number of halogens is 2. The molecule has 1 aliphatic heterocycles. The van der Waals surface area contributed by atoms with E-state index in [4.69, 9.17) is 0 Å². The number of amides is 1. The Kier molecular flexibility index (Phi) is 5.86. The molecule has 2 heterocycles. The zero-order valence-corrected chi connectivity index (χ0v) is 16.2. The van der Waals surface area contributed by atoms with E-state index in [-0.39, 0.29) is 11.5 Å². The van der Waals surface area contributed by atoms with Crippen molar-refractivity contribution in [3.05, 3.63) is 68.8 Å². The molecule has 1 aromatic carbocycles. The molecule has 29 heavy (non-hydrogen) atoms. The Labute approximate surface area is 166 Å². The van der Waals surface area contributed by atoms with E-state index in [0.717, 1.165) is 11.1 Å². The highest BCUT2D eigenvalue weighted by Gasteiger charge is 2.30. The maximum absolute atomic E-state index is 14.0. The minimum Gasteiger partial charge on any atom is -0.334 e. The van der Waals surface area contributed by atoms with E-state index in [0.29, 0.717) is 30.2 Å². The van der Waals surface area contributed by atoms with Crippen molar-refractivity contribution in [2.45, 2.75) is 33.2 Å². The summed E-state index contributed by atoms with van der Waals surface area (Å²) in [4.78, 5) is 32.6. The zero-order valence-electron chi connectivity index (χ0n) is 16.2. The van der Waals surface area contributed by atoms with Crippen molar-refractivity contribution >= 4 is 18.6 Å². The van der Waals surface area contributed by atoms with Gasteiger partial charge < -0.3 is 4.90 Å². The molecule has 3 rings (SSSR count). The number of aromatic nitrogens is 2. The van der Waals surface area contributed by atoms with Crippen molar-refractivity contribution < 1.29 is 13.6 Å². The Bertz CT molecular complexity index is 1030. The normalized spacial score (nSPS) is 14.3. The maximum Gasteiger partial charge on any atom is 0.281 e. The lowest BCUT2D eigenvalue weighted by Gasteiger charge is -2.30. The molecule has 7 nitrogen and oxygen atoms in total. The molecule has 0 fully saturated rings. The first-order chi connectivity index (χ1) is 13.8. The number of H-pyrrole nitrogens is 1. The van der Waals surface area contributed by atoms with Gasteiger partial charge in [-0.05, 0) is 31.4 Å². The summed E-state index contributed by atoms with van der Waals surface area (Å²) in [5, 5.41) is 4.30. The van der Waals surface area contributed by atoms with Gasteiger partial charge in [-0.15, -0.1) is 0 Å². The van der Waals surface area contributed by atoms with E-state index in [2.05, 4.69) is 21.8 Å². The van der Waals surface area contributed by atoms with Crippen LogP contribution in [-0.2, 0) is 17.8 Å². The van der Waals surface area contributed by atoms with Gasteiger partial charge in [0.05, 0.1) is 0 Å². The van der Waals surface area contributed by atoms with Crippen molar-refractivity contribution in [2.75, 3.05) is 11.6 Å². The third-order valence-electron chi connectivity index (χ3n) is 4.76. The van der Waals surface area contributed by atoms with Crippen LogP contribution in [0, 0.1) is 6.92 Å². The Morgan fingerprint density at radius 2 is 2.03 bits per heavy atom. The largest absolute Gasteiger partial charge is 0.334 e. The van der Waals surface area contributed by atoms with Gasteiger partial charge in [-0.3, -0.25) is 14.6 Å². The molecule has 1 aromatic heterocycles. The molecule has 0 spiro atoms. The Morgan fingerprint density at radius 3 is 2.66 bits per heavy atom. The van der Waals surface area contributed by atoms with Crippen LogP contribution in [0.2, 0.25) is 0 Å². The molecule has 0 saturated heterocycles. The van der Waals surface area contributed by atoms with Gasteiger partial charge in [0.15, 0.2) is 0 Å². The van der Waals surface area contributed by atoms with Crippen LogP contribution in [0.5, 0.6) is 0 Å². The van der Waals surface area contributed by atoms with Crippen LogP contribution >= 0.6 is 0 Å². The second-order valence-electron chi connectivity index (χ2n) is 6.72. The summed E-state index contributed by atoms with van der Waals surface area (Å²) >= 11 is 0. The van der Waals surface area contributed by atoms with Crippen LogP contribution in [0.4, 0.5) is 14.7 Å². The van der Waals surface area contributed by atoms with Crippen molar-refractivity contribution in [3.8, 4) is 0 Å². The molecule has 0 bridgehead atoms. The van der Waals surface area contributed by atoms with Crippen molar-refractivity contribution in [1.82, 2.24) is 14.9 Å². The van der Waals surface area contributed by atoms with Gasteiger partial charge in [-0.1, -0.05) is 24.3 Å². The average Bonchev–Trinajstić information content (AvgIpc) is 2.69. The third kappa shape index (κ3) is 4.23. The number of carbonyl (C=O) groups excluding carboxylic acids is 1. The number of allylic oxidation sites excluding steroid dienone is 1. The van der Waals surface area contributed by atoms with E-state index in [1.165, 1.54) is 17.9 Å². The third-order valence-corrected chi connectivity index (χ3v) is 4.76. The number of nitrogens with zero attached hydrogens (tertiary/aromatic N) is 4. The first kappa shape index (κ1) is 20.4. The topological polar surface area (TPSA) is 81.7 Å². The number of aromatic amines is 1. The first-order valence-corrected chi connectivity index (χ1v) is 9.01. The highest BCUT2D eigenvalue weighted by Crippen LogP contribution is 2.26. The molecule has 0 radical (unpaired) electrons. The number of alkyl halides is 2. The molecular weight excluding hydrogens is 380 g/mol. The standard InChI is InChI=1S/C20H21F2N5O2/c1-12-10-16(28)25-20(24-12)27(23-3)17(18(21)22)13(2)19(29)26-9-8-14-6-4-5-7-15(14)11-26/h4-7,10,18H,3,8-9,11H2,1-2H3,(H,24,25,28)/b17-13+. The van der Waals surface area contributed by atoms with E-state index in [1.807, 2.05) is 24.3 Å². The van der Waals surface area contributed by atoms with Crippen LogP contribution in [0.25, 0.3) is 0 Å². The van der Waals surface area contributed by atoms with Crippen LogP contribution < -0.4 is 10.6 Å². The van der Waals surface area contributed by atoms with Crippen LogP contribution in [0.15, 0.2) is 51.5 Å². The van der Waals surface area contributed by atoms with Crippen molar-refractivity contribution in [1.29, 1.82) is 0 Å². The number of benzene rings is 1. The van der Waals surface area contributed by atoms with Gasteiger partial charge in [0.25, 0.3) is 17.9 Å². The predicted molar refractivity (Wildman–Crippen MR) is 106 cm³/mol. The van der Waals surface area contributed by atoms with Gasteiger partial charge >= 0.3 is 0 Å². The molecule has 2 aromatic rings. The second kappa shape index (κ2) is 8.34. The molecule has 9 heteroatoms. The summed E-state index contributed by atoms with van der Waals surface area (Å²) in [6.45, 7) is 6.93. The predicted octanol–water partition coefficient (Wildman–Crippen LogP) is 2.62. The Balaban J connectivity index is 1.98. The smallest absolute Gasteiger partial charge is 0.281 e. The Hall–Kier alpha value is -3.36. The highest BCUT2D eigenvalue weighted by atomic mass is 19.3. The highest BCUT2D eigenvalue weighted by molar-refractivity contribution is 5.94. The average molecular weight is 401 g/mol. The summed E-state index contributed by atoms with van der Waals surface area (Å²) in [5.41, 5.74) is 1.08. The molecule has 0 saturated carbocycles. The van der Waals surface area contributed by atoms with Crippen LogP contribution in [0.1, 0.15) is 23.7 Å². The lowest BCUT2D eigenvalue weighted by atomic mass is 9.99. The molecule has 0 atom stereocenters. The number of fused-ring (bicyclic) bond motifs is 1. The van der Waals surface area contributed by atoms with E-state index >= 15 is 0 Å². The molecule has 1 N–H and O–H groups in total. The fourth-order valence-electron chi connectivity index (χ4n) is 3.35. The summed E-state index contributed by atoms with van der Waals surface area (Å²) in [6.07, 6.45) is -2.39. The second-order valence-corrected chi connectivity index (χ2v) is 6.72. The lowest BCUT2D eigenvalue weighted by molar-refractivity contribution is -0.128.